The van der Waals surface area contributed by atoms with E-state index in [1.165, 1.54) is 0 Å². The van der Waals surface area contributed by atoms with Gasteiger partial charge in [-0.05, 0) is 37.4 Å². The predicted molar refractivity (Wildman–Crippen MR) is 144 cm³/mol. The lowest BCUT2D eigenvalue weighted by Gasteiger charge is -2.25. The van der Waals surface area contributed by atoms with Crippen molar-refractivity contribution in [3.8, 4) is 0 Å². The number of carboxylic acids is 1. The minimum atomic E-state index is -1.54. The number of fused-ring (bicyclic) bond motifs is 1. The molecule has 0 aliphatic heterocycles. The van der Waals surface area contributed by atoms with Crippen LogP contribution < -0.4 is 38.9 Å². The van der Waals surface area contributed by atoms with Gasteiger partial charge in [0.2, 0.25) is 29.5 Å². The number of aromatic amines is 1. The summed E-state index contributed by atoms with van der Waals surface area (Å²) >= 11 is 0. The van der Waals surface area contributed by atoms with Gasteiger partial charge >= 0.3 is 5.97 Å². The second-order valence-corrected chi connectivity index (χ2v) is 9.32. The van der Waals surface area contributed by atoms with Gasteiger partial charge in [0.1, 0.15) is 18.1 Å². The molecule has 0 aliphatic rings. The summed E-state index contributed by atoms with van der Waals surface area (Å²) in [6.45, 7) is 0.357. The number of aromatic nitrogens is 1. The highest BCUT2D eigenvalue weighted by Gasteiger charge is 2.32. The molecule has 15 nitrogen and oxygen atoms in total. The Balaban J connectivity index is 2.31. The van der Waals surface area contributed by atoms with Gasteiger partial charge < -0.3 is 49.0 Å². The van der Waals surface area contributed by atoms with Crippen LogP contribution in [0, 0.1) is 0 Å². The van der Waals surface area contributed by atoms with Crippen LogP contribution >= 0.6 is 0 Å². The molecule has 13 N–H and O–H groups in total. The summed E-state index contributed by atoms with van der Waals surface area (Å²) in [6, 6.07) is 1.74. The van der Waals surface area contributed by atoms with Crippen LogP contribution in [-0.2, 0) is 35.2 Å². The molecule has 0 saturated carbocycles. The van der Waals surface area contributed by atoms with Gasteiger partial charge in [-0.15, -0.1) is 0 Å². The van der Waals surface area contributed by atoms with Gasteiger partial charge in [0.05, 0.1) is 18.9 Å². The first-order chi connectivity index (χ1) is 18.9. The van der Waals surface area contributed by atoms with E-state index in [2.05, 4.69) is 20.9 Å². The first kappa shape index (κ1) is 31.7. The molecule has 0 bridgehead atoms. The van der Waals surface area contributed by atoms with Crippen LogP contribution in [0.4, 0.5) is 0 Å². The van der Waals surface area contributed by atoms with Crippen LogP contribution in [0.2, 0.25) is 0 Å². The molecule has 2 rings (SSSR count). The molecule has 0 fully saturated rings. The zero-order valence-electron chi connectivity index (χ0n) is 21.9. The molecule has 4 unspecified atom stereocenters. The number of nitrogens with two attached hydrogens (primary N) is 4. The Bertz CT molecular complexity index is 1230. The standard InChI is InChI=1S/C25H36N8O7/c26-8-4-3-7-17(25(39)40)31-23(37)18(9-13-12-30-16-6-2-1-5-14(13)16)33-24(38)19(11-21(29)35)32-22(36)15(27)10-20(28)34/h1-2,5-6,12,15,17-19,30H,3-4,7-11,26-27H2,(H2,28,34)(H2,29,35)(H,31,37)(H,32,36)(H,33,38)(H,39,40). The normalized spacial score (nSPS) is 13.9. The van der Waals surface area contributed by atoms with Crippen molar-refractivity contribution in [3.63, 3.8) is 0 Å². The summed E-state index contributed by atoms with van der Waals surface area (Å²) in [7, 11) is 0. The third-order valence-electron chi connectivity index (χ3n) is 6.09. The average Bonchev–Trinajstić information content (AvgIpc) is 3.29. The molecule has 5 amide bonds. The van der Waals surface area contributed by atoms with Gasteiger partial charge in [-0.2, -0.15) is 0 Å². The highest BCUT2D eigenvalue weighted by atomic mass is 16.4. The highest BCUT2D eigenvalue weighted by Crippen LogP contribution is 2.19. The molecule has 1 aromatic heterocycles. The van der Waals surface area contributed by atoms with E-state index in [-0.39, 0.29) is 12.8 Å². The zero-order chi connectivity index (χ0) is 29.8. The van der Waals surface area contributed by atoms with Crippen molar-refractivity contribution in [2.75, 3.05) is 6.54 Å². The van der Waals surface area contributed by atoms with Crippen molar-refractivity contribution in [3.05, 3.63) is 36.0 Å². The summed E-state index contributed by atoms with van der Waals surface area (Å²) < 4.78 is 0. The number of hydrogen-bond donors (Lipinski definition) is 9. The fraction of sp³-hybridized carbons (Fsp3) is 0.440. The third kappa shape index (κ3) is 9.67. The monoisotopic (exact) mass is 560 g/mol. The van der Waals surface area contributed by atoms with E-state index in [0.717, 1.165) is 10.9 Å². The van der Waals surface area contributed by atoms with E-state index in [1.54, 1.807) is 18.3 Å². The Labute approximate surface area is 229 Å². The van der Waals surface area contributed by atoms with Crippen molar-refractivity contribution in [2.24, 2.45) is 22.9 Å². The summed E-state index contributed by atoms with van der Waals surface area (Å²) in [5.41, 5.74) is 22.8. The van der Waals surface area contributed by atoms with Crippen LogP contribution in [0.1, 0.15) is 37.7 Å². The van der Waals surface area contributed by atoms with E-state index < -0.39 is 72.5 Å². The third-order valence-corrected chi connectivity index (χ3v) is 6.09. The lowest BCUT2D eigenvalue weighted by Crippen LogP contribution is -2.58. The first-order valence-electron chi connectivity index (χ1n) is 12.6. The largest absolute Gasteiger partial charge is 0.480 e. The van der Waals surface area contributed by atoms with Crippen molar-refractivity contribution in [2.45, 2.75) is 62.7 Å². The number of carbonyl (C=O) groups excluding carboxylic acids is 5. The van der Waals surface area contributed by atoms with Crippen molar-refractivity contribution < 1.29 is 33.9 Å². The molecule has 1 aromatic carbocycles. The molecule has 0 spiro atoms. The van der Waals surface area contributed by atoms with Crippen LogP contribution in [0.3, 0.4) is 0 Å². The van der Waals surface area contributed by atoms with Gasteiger partial charge in [-0.3, -0.25) is 24.0 Å². The van der Waals surface area contributed by atoms with Gasteiger partial charge in [0.25, 0.3) is 0 Å². The Morgan fingerprint density at radius 3 is 2.05 bits per heavy atom. The fourth-order valence-electron chi connectivity index (χ4n) is 4.02. The topological polar surface area (TPSA) is 279 Å². The molecular weight excluding hydrogens is 524 g/mol. The number of aliphatic carboxylic acids is 1. The number of unbranched alkanes of at least 4 members (excludes halogenated alkanes) is 1. The molecular formula is C25H36N8O7. The van der Waals surface area contributed by atoms with Gasteiger partial charge in [0.15, 0.2) is 0 Å². The quantitative estimate of drug-likeness (QED) is 0.0920. The second-order valence-electron chi connectivity index (χ2n) is 9.32. The SMILES string of the molecule is NCCCCC(NC(=O)C(Cc1c[nH]c2ccccc12)NC(=O)C(CC(N)=O)NC(=O)C(N)CC(N)=O)C(=O)O. The fourth-order valence-corrected chi connectivity index (χ4v) is 4.02. The molecule has 0 radical (unpaired) electrons. The van der Waals surface area contributed by atoms with Gasteiger partial charge in [-0.25, -0.2) is 4.79 Å². The highest BCUT2D eigenvalue weighted by molar-refractivity contribution is 5.97. The minimum Gasteiger partial charge on any atom is -0.480 e. The lowest BCUT2D eigenvalue weighted by molar-refractivity contribution is -0.142. The first-order valence-corrected chi connectivity index (χ1v) is 12.6. The minimum absolute atomic E-state index is 0.0604. The van der Waals surface area contributed by atoms with Crippen LogP contribution in [0.25, 0.3) is 10.9 Å². The van der Waals surface area contributed by atoms with E-state index in [1.807, 2.05) is 12.1 Å². The maximum atomic E-state index is 13.3. The molecule has 2 aromatic rings. The predicted octanol–water partition coefficient (Wildman–Crippen LogP) is -2.54. The molecule has 15 heteroatoms. The van der Waals surface area contributed by atoms with Gasteiger partial charge in [0, 0.05) is 23.5 Å². The van der Waals surface area contributed by atoms with Crippen molar-refractivity contribution in [1.82, 2.24) is 20.9 Å². The Morgan fingerprint density at radius 1 is 0.825 bits per heavy atom. The maximum absolute atomic E-state index is 13.3. The summed E-state index contributed by atoms with van der Waals surface area (Å²) in [5, 5.41) is 17.6. The Hall–Kier alpha value is -4.50. The number of H-pyrrole nitrogens is 1. The Kier molecular flexibility index (Phi) is 12.0. The number of hydrogen-bond acceptors (Lipinski definition) is 8. The van der Waals surface area contributed by atoms with E-state index in [4.69, 9.17) is 22.9 Å². The molecule has 0 aliphatic carbocycles. The smallest absolute Gasteiger partial charge is 0.326 e. The van der Waals surface area contributed by atoms with Crippen LogP contribution in [0.5, 0.6) is 0 Å². The number of rotatable bonds is 17. The molecule has 4 atom stereocenters. The number of carboxylic acid groups (broad SMARTS) is 1. The summed E-state index contributed by atoms with van der Waals surface area (Å²) in [6.07, 6.45) is 1.56. The number of primary amides is 2. The molecule has 1 heterocycles. The lowest BCUT2D eigenvalue weighted by atomic mass is 10.0. The van der Waals surface area contributed by atoms with E-state index in [9.17, 15) is 33.9 Å². The Morgan fingerprint density at radius 2 is 1.43 bits per heavy atom. The average molecular weight is 561 g/mol. The number of benzene rings is 1. The molecule has 218 valence electrons. The van der Waals surface area contributed by atoms with E-state index >= 15 is 0 Å². The second kappa shape index (κ2) is 15.2. The number of amides is 5. The van der Waals surface area contributed by atoms with Crippen molar-refractivity contribution in [1.29, 1.82) is 0 Å². The summed E-state index contributed by atoms with van der Waals surface area (Å²) in [5.74, 6) is -5.74. The number of para-hydroxylation sites is 1. The summed E-state index contributed by atoms with van der Waals surface area (Å²) in [4.78, 5) is 76.5. The maximum Gasteiger partial charge on any atom is 0.326 e. The number of nitrogens with one attached hydrogen (secondary N) is 4. The van der Waals surface area contributed by atoms with Crippen LogP contribution in [0.15, 0.2) is 30.5 Å². The molecule has 40 heavy (non-hydrogen) atoms. The number of carbonyl (C=O) groups is 6. The van der Waals surface area contributed by atoms with Crippen LogP contribution in [-0.4, -0.2) is 76.3 Å². The van der Waals surface area contributed by atoms with E-state index in [0.29, 0.717) is 24.9 Å². The molecule has 0 saturated heterocycles. The zero-order valence-corrected chi connectivity index (χ0v) is 21.9. The van der Waals surface area contributed by atoms with Crippen molar-refractivity contribution >= 4 is 46.4 Å². The van der Waals surface area contributed by atoms with Gasteiger partial charge in [-0.1, -0.05) is 18.2 Å².